The standard InChI is InChI=1S/C39H30N2O.C7H8.C2H6/c1-23-10-2-8-16-34(23)41-38(40)24-18-19-26-25-11-3-6-14-30(25)39(33(26)22-24)31-15-7-4-13-29(31)36-32(39)21-20-28-27-12-5-9-17-35(27)42-37(28)36;1-7-5-3-2-4-6-7;1-2/h2-19,22,34,38,41H,1,20-21,40H2;2-6H,1H3;1-2H3. The van der Waals surface area contributed by atoms with E-state index in [1.54, 1.807) is 0 Å². The van der Waals surface area contributed by atoms with Crippen LogP contribution >= 0.6 is 0 Å². The number of benzene rings is 5. The van der Waals surface area contributed by atoms with Crippen LogP contribution in [-0.2, 0) is 11.8 Å². The molecule has 3 atom stereocenters. The van der Waals surface area contributed by atoms with Gasteiger partial charge in [0.2, 0.25) is 0 Å². The summed E-state index contributed by atoms with van der Waals surface area (Å²) in [6.07, 6.45) is 9.81. The van der Waals surface area contributed by atoms with Crippen molar-refractivity contribution in [3.05, 3.63) is 208 Å². The molecule has 0 saturated heterocycles. The first kappa shape index (κ1) is 32.7. The average Bonchev–Trinajstić information content (AvgIpc) is 3.81. The van der Waals surface area contributed by atoms with Crippen LogP contribution in [0.15, 0.2) is 168 Å². The summed E-state index contributed by atoms with van der Waals surface area (Å²) >= 11 is 0. The van der Waals surface area contributed by atoms with Gasteiger partial charge in [0.1, 0.15) is 11.3 Å². The normalized spacial score (nSPS) is 19.3. The third kappa shape index (κ3) is 5.19. The van der Waals surface area contributed by atoms with Crippen LogP contribution in [0.4, 0.5) is 0 Å². The van der Waals surface area contributed by atoms with E-state index in [4.69, 9.17) is 10.2 Å². The van der Waals surface area contributed by atoms with Gasteiger partial charge in [0, 0.05) is 16.5 Å². The van der Waals surface area contributed by atoms with Crippen molar-refractivity contribution in [2.45, 2.75) is 51.2 Å². The molecule has 4 aliphatic rings. The summed E-state index contributed by atoms with van der Waals surface area (Å²) < 4.78 is 6.69. The van der Waals surface area contributed by atoms with Gasteiger partial charge in [-0.15, -0.1) is 0 Å². The lowest BCUT2D eigenvalue weighted by Gasteiger charge is -2.34. The quantitative estimate of drug-likeness (QED) is 0.185. The summed E-state index contributed by atoms with van der Waals surface area (Å²) in [6, 6.07) is 43.5. The molecule has 0 bridgehead atoms. The maximum Gasteiger partial charge on any atom is 0.139 e. The van der Waals surface area contributed by atoms with Crippen molar-refractivity contribution in [3.63, 3.8) is 0 Å². The predicted molar refractivity (Wildman–Crippen MR) is 213 cm³/mol. The Hall–Kier alpha value is -5.48. The molecule has 1 spiro atoms. The summed E-state index contributed by atoms with van der Waals surface area (Å²) in [5.41, 5.74) is 22.8. The summed E-state index contributed by atoms with van der Waals surface area (Å²) in [6.45, 7) is 10.3. The van der Waals surface area contributed by atoms with E-state index in [1.165, 1.54) is 61.0 Å². The van der Waals surface area contributed by atoms with Crippen LogP contribution in [0, 0.1) is 6.92 Å². The Labute approximate surface area is 301 Å². The fourth-order valence-corrected chi connectivity index (χ4v) is 8.59. The predicted octanol–water partition coefficient (Wildman–Crippen LogP) is 11.1. The highest BCUT2D eigenvalue weighted by Crippen LogP contribution is 2.65. The van der Waals surface area contributed by atoms with Crippen molar-refractivity contribution >= 4 is 16.5 Å². The van der Waals surface area contributed by atoms with Crippen molar-refractivity contribution in [1.82, 2.24) is 5.32 Å². The van der Waals surface area contributed by atoms with Gasteiger partial charge in [0.05, 0.1) is 17.6 Å². The van der Waals surface area contributed by atoms with Crippen LogP contribution < -0.4 is 11.1 Å². The zero-order valence-corrected chi connectivity index (χ0v) is 29.6. The Morgan fingerprint density at radius 1 is 0.745 bits per heavy atom. The molecule has 0 aliphatic heterocycles. The highest BCUT2D eigenvalue weighted by atomic mass is 16.3. The summed E-state index contributed by atoms with van der Waals surface area (Å²) in [5.74, 6) is 1.04. The maximum atomic E-state index is 6.87. The lowest BCUT2D eigenvalue weighted by atomic mass is 9.67. The molecule has 10 rings (SSSR count). The minimum atomic E-state index is -0.388. The third-order valence-electron chi connectivity index (χ3n) is 10.8. The van der Waals surface area contributed by atoms with Crippen molar-refractivity contribution in [2.24, 2.45) is 5.73 Å². The van der Waals surface area contributed by atoms with Crippen LogP contribution in [0.3, 0.4) is 0 Å². The summed E-state index contributed by atoms with van der Waals surface area (Å²) in [7, 11) is 0. The Kier molecular flexibility index (Phi) is 8.55. The average molecular weight is 665 g/mol. The number of aryl methyl sites for hydroxylation is 2. The van der Waals surface area contributed by atoms with Gasteiger partial charge in [-0.2, -0.15) is 0 Å². The van der Waals surface area contributed by atoms with Gasteiger partial charge in [-0.1, -0.05) is 166 Å². The highest BCUT2D eigenvalue weighted by Gasteiger charge is 2.54. The molecule has 0 amide bonds. The molecule has 3 N–H and O–H groups in total. The minimum absolute atomic E-state index is 0.00998. The molecule has 1 heterocycles. The zero-order chi connectivity index (χ0) is 35.1. The van der Waals surface area contributed by atoms with E-state index in [1.807, 2.05) is 50.3 Å². The summed E-state index contributed by atoms with van der Waals surface area (Å²) in [4.78, 5) is 0. The van der Waals surface area contributed by atoms with Crippen LogP contribution in [0.2, 0.25) is 0 Å². The molecule has 51 heavy (non-hydrogen) atoms. The molecule has 4 aliphatic carbocycles. The minimum Gasteiger partial charge on any atom is -0.456 e. The van der Waals surface area contributed by atoms with Gasteiger partial charge >= 0.3 is 0 Å². The molecular weight excluding hydrogens is 621 g/mol. The van der Waals surface area contributed by atoms with Crippen molar-refractivity contribution in [2.75, 3.05) is 0 Å². The van der Waals surface area contributed by atoms with Crippen molar-refractivity contribution < 1.29 is 4.42 Å². The monoisotopic (exact) mass is 664 g/mol. The van der Waals surface area contributed by atoms with Crippen LogP contribution in [0.1, 0.15) is 71.1 Å². The van der Waals surface area contributed by atoms with Crippen LogP contribution in [0.5, 0.6) is 0 Å². The van der Waals surface area contributed by atoms with Gasteiger partial charge in [0.25, 0.3) is 0 Å². The molecule has 0 fully saturated rings. The number of rotatable bonds is 3. The highest BCUT2D eigenvalue weighted by molar-refractivity contribution is 6.01. The molecule has 3 heteroatoms. The fraction of sp³-hybridized carbons (Fsp3) is 0.167. The summed E-state index contributed by atoms with van der Waals surface area (Å²) in [5, 5.41) is 4.83. The Morgan fingerprint density at radius 2 is 1.41 bits per heavy atom. The zero-order valence-electron chi connectivity index (χ0n) is 29.6. The Bertz CT molecular complexity index is 2370. The number of nitrogens with two attached hydrogens (primary N) is 1. The second-order valence-electron chi connectivity index (χ2n) is 13.5. The number of allylic oxidation sites excluding steroid dienone is 3. The molecule has 0 saturated carbocycles. The number of furan rings is 1. The van der Waals surface area contributed by atoms with E-state index >= 15 is 0 Å². The van der Waals surface area contributed by atoms with Gasteiger partial charge < -0.3 is 10.2 Å². The van der Waals surface area contributed by atoms with E-state index in [0.717, 1.165) is 35.3 Å². The maximum absolute atomic E-state index is 6.87. The molecule has 252 valence electrons. The molecular formula is C48H44N2O. The molecule has 1 aromatic heterocycles. The van der Waals surface area contributed by atoms with Gasteiger partial charge in [-0.3, -0.25) is 5.32 Å². The topological polar surface area (TPSA) is 51.2 Å². The van der Waals surface area contributed by atoms with E-state index in [-0.39, 0.29) is 17.6 Å². The van der Waals surface area contributed by atoms with Crippen molar-refractivity contribution in [3.8, 4) is 11.1 Å². The molecule has 3 nitrogen and oxygen atoms in total. The second-order valence-corrected chi connectivity index (χ2v) is 13.5. The van der Waals surface area contributed by atoms with Crippen molar-refractivity contribution in [1.29, 1.82) is 0 Å². The largest absolute Gasteiger partial charge is 0.456 e. The lowest BCUT2D eigenvalue weighted by molar-refractivity contribution is 0.532. The first-order valence-electron chi connectivity index (χ1n) is 18.2. The Balaban J connectivity index is 0.000000370. The van der Waals surface area contributed by atoms with E-state index in [2.05, 4.69) is 128 Å². The van der Waals surface area contributed by atoms with E-state index in [9.17, 15) is 0 Å². The van der Waals surface area contributed by atoms with E-state index < -0.39 is 0 Å². The molecule has 6 aromatic rings. The first-order valence-corrected chi connectivity index (χ1v) is 18.2. The van der Waals surface area contributed by atoms with Gasteiger partial charge in [-0.05, 0) is 75.9 Å². The smallest absolute Gasteiger partial charge is 0.139 e. The number of hydrogen-bond acceptors (Lipinski definition) is 3. The number of fused-ring (bicyclic) bond motifs is 13. The SMILES string of the molecule is C=C1C=CC=CC1NC(N)c1ccc2c(c1)C1(C3=C(c4ccccc41)c1oc4ccccc4c1CC3)c1ccccc1-2.CC.Cc1ccccc1. The first-order chi connectivity index (χ1) is 25.1. The van der Waals surface area contributed by atoms with Gasteiger partial charge in [-0.25, -0.2) is 0 Å². The van der Waals surface area contributed by atoms with Crippen LogP contribution in [-0.4, -0.2) is 6.04 Å². The van der Waals surface area contributed by atoms with Crippen LogP contribution in [0.25, 0.3) is 27.7 Å². The number of para-hydroxylation sites is 1. The number of hydrogen-bond donors (Lipinski definition) is 2. The van der Waals surface area contributed by atoms with E-state index in [0.29, 0.717) is 0 Å². The fourth-order valence-electron chi connectivity index (χ4n) is 8.59. The molecule has 0 radical (unpaired) electrons. The third-order valence-corrected chi connectivity index (χ3v) is 10.8. The molecule has 3 unspecified atom stereocenters. The lowest BCUT2D eigenvalue weighted by Crippen LogP contribution is -2.37. The number of nitrogens with one attached hydrogen (secondary N) is 1. The second kappa shape index (κ2) is 13.3. The van der Waals surface area contributed by atoms with Gasteiger partial charge in [0.15, 0.2) is 0 Å². The Morgan fingerprint density at radius 3 is 2.16 bits per heavy atom. The molecule has 5 aromatic carbocycles.